The van der Waals surface area contributed by atoms with Crippen LogP contribution in [0.2, 0.25) is 0 Å². The van der Waals surface area contributed by atoms with E-state index in [9.17, 15) is 4.79 Å². The predicted octanol–water partition coefficient (Wildman–Crippen LogP) is 2.67. The molecule has 1 aliphatic carbocycles. The van der Waals surface area contributed by atoms with E-state index in [0.29, 0.717) is 25.4 Å². The van der Waals surface area contributed by atoms with Gasteiger partial charge in [0.1, 0.15) is 0 Å². The van der Waals surface area contributed by atoms with E-state index in [-0.39, 0.29) is 5.91 Å². The van der Waals surface area contributed by atoms with Crippen LogP contribution in [0.25, 0.3) is 11.0 Å². The zero-order valence-corrected chi connectivity index (χ0v) is 12.2. The Labute approximate surface area is 124 Å². The number of hydrogen-bond acceptors (Lipinski definition) is 3. The molecule has 5 nitrogen and oxygen atoms in total. The fourth-order valence-electron chi connectivity index (χ4n) is 2.97. The predicted molar refractivity (Wildman–Crippen MR) is 84.2 cm³/mol. The van der Waals surface area contributed by atoms with Crippen molar-refractivity contribution in [2.24, 2.45) is 5.92 Å². The Morgan fingerprint density at radius 3 is 2.86 bits per heavy atom. The lowest BCUT2D eigenvalue weighted by Gasteiger charge is -2.09. The molecular formula is C16H22N4O. The van der Waals surface area contributed by atoms with Crippen LogP contribution in [-0.4, -0.2) is 29.0 Å². The molecule has 1 heterocycles. The number of aromatic nitrogens is 2. The highest BCUT2D eigenvalue weighted by Crippen LogP contribution is 2.27. The van der Waals surface area contributed by atoms with Crippen LogP contribution in [0.1, 0.15) is 32.1 Å². The number of amides is 1. The van der Waals surface area contributed by atoms with Crippen molar-refractivity contribution in [1.82, 2.24) is 15.3 Å². The monoisotopic (exact) mass is 286 g/mol. The van der Waals surface area contributed by atoms with E-state index in [1.54, 1.807) is 0 Å². The number of fused-ring (bicyclic) bond motifs is 1. The number of rotatable bonds is 6. The summed E-state index contributed by atoms with van der Waals surface area (Å²) < 4.78 is 0. The van der Waals surface area contributed by atoms with E-state index in [1.807, 2.05) is 24.3 Å². The van der Waals surface area contributed by atoms with Gasteiger partial charge in [-0.25, -0.2) is 4.98 Å². The Bertz CT molecular complexity index is 568. The number of imidazole rings is 1. The molecule has 5 heteroatoms. The lowest BCUT2D eigenvalue weighted by atomic mass is 10.0. The van der Waals surface area contributed by atoms with Crippen LogP contribution in [0.5, 0.6) is 0 Å². The molecule has 1 aliphatic rings. The van der Waals surface area contributed by atoms with Crippen molar-refractivity contribution in [3.05, 3.63) is 24.3 Å². The van der Waals surface area contributed by atoms with E-state index < -0.39 is 0 Å². The fourth-order valence-corrected chi connectivity index (χ4v) is 2.97. The average molecular weight is 286 g/mol. The van der Waals surface area contributed by atoms with Crippen molar-refractivity contribution in [2.45, 2.75) is 32.1 Å². The SMILES string of the molecule is O=C(CC1CCCC1)NCCNc1nc2ccccc2[nH]1. The summed E-state index contributed by atoms with van der Waals surface area (Å²) in [6.07, 6.45) is 5.68. The molecule has 0 bridgehead atoms. The number of H-pyrrole nitrogens is 1. The highest BCUT2D eigenvalue weighted by Gasteiger charge is 2.17. The van der Waals surface area contributed by atoms with Gasteiger partial charge in [0.25, 0.3) is 0 Å². The van der Waals surface area contributed by atoms with Gasteiger partial charge in [0.2, 0.25) is 11.9 Å². The zero-order valence-electron chi connectivity index (χ0n) is 12.2. The summed E-state index contributed by atoms with van der Waals surface area (Å²) in [6.45, 7) is 1.30. The first-order chi connectivity index (χ1) is 10.3. The van der Waals surface area contributed by atoms with Crippen molar-refractivity contribution in [3.63, 3.8) is 0 Å². The first-order valence-corrected chi connectivity index (χ1v) is 7.76. The number of anilines is 1. The molecule has 1 aromatic carbocycles. The van der Waals surface area contributed by atoms with Gasteiger partial charge in [-0.05, 0) is 30.9 Å². The molecule has 1 fully saturated rings. The lowest BCUT2D eigenvalue weighted by molar-refractivity contribution is -0.121. The third-order valence-electron chi connectivity index (χ3n) is 4.08. The molecule has 0 unspecified atom stereocenters. The normalized spacial score (nSPS) is 15.4. The van der Waals surface area contributed by atoms with Gasteiger partial charge in [0.05, 0.1) is 11.0 Å². The second-order valence-electron chi connectivity index (χ2n) is 5.73. The Morgan fingerprint density at radius 2 is 2.05 bits per heavy atom. The van der Waals surface area contributed by atoms with Crippen LogP contribution in [0, 0.1) is 5.92 Å². The molecule has 21 heavy (non-hydrogen) atoms. The zero-order chi connectivity index (χ0) is 14.5. The van der Waals surface area contributed by atoms with Gasteiger partial charge in [-0.2, -0.15) is 0 Å². The number of aromatic amines is 1. The van der Waals surface area contributed by atoms with Crippen LogP contribution >= 0.6 is 0 Å². The first-order valence-electron chi connectivity index (χ1n) is 7.76. The molecular weight excluding hydrogens is 264 g/mol. The van der Waals surface area contributed by atoms with Crippen molar-refractivity contribution in [1.29, 1.82) is 0 Å². The summed E-state index contributed by atoms with van der Waals surface area (Å²) >= 11 is 0. The van der Waals surface area contributed by atoms with Crippen molar-refractivity contribution in [2.75, 3.05) is 18.4 Å². The van der Waals surface area contributed by atoms with Crippen molar-refractivity contribution < 1.29 is 4.79 Å². The van der Waals surface area contributed by atoms with E-state index in [0.717, 1.165) is 17.0 Å². The van der Waals surface area contributed by atoms with Crippen molar-refractivity contribution in [3.8, 4) is 0 Å². The standard InChI is InChI=1S/C16H22N4O/c21-15(11-12-5-1-2-6-12)17-9-10-18-16-19-13-7-3-4-8-14(13)20-16/h3-4,7-8,12H,1-2,5-6,9-11H2,(H,17,21)(H2,18,19,20). The minimum atomic E-state index is 0.174. The Balaban J connectivity index is 1.38. The van der Waals surface area contributed by atoms with E-state index in [2.05, 4.69) is 20.6 Å². The van der Waals surface area contributed by atoms with Crippen molar-refractivity contribution >= 4 is 22.9 Å². The van der Waals surface area contributed by atoms with Crippen LogP contribution in [-0.2, 0) is 4.79 Å². The number of para-hydroxylation sites is 2. The third kappa shape index (κ3) is 3.74. The molecule has 1 aromatic heterocycles. The molecule has 2 aromatic rings. The van der Waals surface area contributed by atoms with Gasteiger partial charge < -0.3 is 15.6 Å². The number of carbonyl (C=O) groups excluding carboxylic acids is 1. The molecule has 1 saturated carbocycles. The first kappa shape index (κ1) is 13.9. The smallest absolute Gasteiger partial charge is 0.220 e. The number of nitrogens with one attached hydrogen (secondary N) is 3. The molecule has 3 rings (SSSR count). The quantitative estimate of drug-likeness (QED) is 0.715. The topological polar surface area (TPSA) is 69.8 Å². The molecule has 0 atom stereocenters. The maximum Gasteiger partial charge on any atom is 0.220 e. The summed E-state index contributed by atoms with van der Waals surface area (Å²) in [5.74, 6) is 1.53. The number of benzene rings is 1. The molecule has 0 radical (unpaired) electrons. The lowest BCUT2D eigenvalue weighted by Crippen LogP contribution is -2.30. The molecule has 0 spiro atoms. The minimum Gasteiger partial charge on any atom is -0.354 e. The summed E-state index contributed by atoms with van der Waals surface area (Å²) in [6, 6.07) is 7.92. The second-order valence-corrected chi connectivity index (χ2v) is 5.73. The Hall–Kier alpha value is -2.04. The number of nitrogens with zero attached hydrogens (tertiary/aromatic N) is 1. The van der Waals surface area contributed by atoms with Crippen LogP contribution in [0.3, 0.4) is 0 Å². The number of hydrogen-bond donors (Lipinski definition) is 3. The van der Waals surface area contributed by atoms with E-state index in [1.165, 1.54) is 25.7 Å². The molecule has 0 aliphatic heterocycles. The summed E-state index contributed by atoms with van der Waals surface area (Å²) in [5.41, 5.74) is 1.97. The minimum absolute atomic E-state index is 0.174. The fraction of sp³-hybridized carbons (Fsp3) is 0.500. The van der Waals surface area contributed by atoms with Gasteiger partial charge >= 0.3 is 0 Å². The average Bonchev–Trinajstić information content (AvgIpc) is 3.12. The highest BCUT2D eigenvalue weighted by atomic mass is 16.1. The van der Waals surface area contributed by atoms with Crippen LogP contribution in [0.15, 0.2) is 24.3 Å². The summed E-state index contributed by atoms with van der Waals surface area (Å²) in [5, 5.41) is 6.17. The summed E-state index contributed by atoms with van der Waals surface area (Å²) in [7, 11) is 0. The Kier molecular flexibility index (Phi) is 4.38. The van der Waals surface area contributed by atoms with Gasteiger partial charge in [0.15, 0.2) is 0 Å². The van der Waals surface area contributed by atoms with Gasteiger partial charge in [-0.1, -0.05) is 25.0 Å². The third-order valence-corrected chi connectivity index (χ3v) is 4.08. The van der Waals surface area contributed by atoms with Crippen LogP contribution in [0.4, 0.5) is 5.95 Å². The van der Waals surface area contributed by atoms with Gasteiger partial charge in [-0.3, -0.25) is 4.79 Å². The Morgan fingerprint density at radius 1 is 1.24 bits per heavy atom. The molecule has 0 saturated heterocycles. The van der Waals surface area contributed by atoms with Gasteiger partial charge in [0, 0.05) is 19.5 Å². The number of carbonyl (C=O) groups is 1. The summed E-state index contributed by atoms with van der Waals surface area (Å²) in [4.78, 5) is 19.4. The maximum absolute atomic E-state index is 11.8. The second kappa shape index (κ2) is 6.61. The van der Waals surface area contributed by atoms with Gasteiger partial charge in [-0.15, -0.1) is 0 Å². The van der Waals surface area contributed by atoms with E-state index >= 15 is 0 Å². The molecule has 112 valence electrons. The maximum atomic E-state index is 11.8. The van der Waals surface area contributed by atoms with E-state index in [4.69, 9.17) is 0 Å². The molecule has 3 N–H and O–H groups in total. The largest absolute Gasteiger partial charge is 0.354 e. The van der Waals surface area contributed by atoms with Crippen LogP contribution < -0.4 is 10.6 Å². The molecule has 1 amide bonds. The highest BCUT2D eigenvalue weighted by molar-refractivity contribution is 5.77.